The monoisotopic (exact) mass is 234 g/mol. The highest BCUT2D eigenvalue weighted by Crippen LogP contribution is 2.18. The Morgan fingerprint density at radius 1 is 1.59 bits per heavy atom. The average molecular weight is 234 g/mol. The van der Waals surface area contributed by atoms with Gasteiger partial charge in [0.05, 0.1) is 12.8 Å². The lowest BCUT2D eigenvalue weighted by Crippen LogP contribution is -2.19. The van der Waals surface area contributed by atoms with Gasteiger partial charge in [-0.3, -0.25) is 9.48 Å². The van der Waals surface area contributed by atoms with Gasteiger partial charge >= 0.3 is 5.97 Å². The Bertz CT molecular complexity index is 409. The Hall–Kier alpha value is -1.58. The smallest absolute Gasteiger partial charge is 0.327 e. The molecule has 1 heterocycles. The molecule has 0 aromatic carbocycles. The molecule has 0 spiro atoms. The number of rotatable bonds is 4. The van der Waals surface area contributed by atoms with Gasteiger partial charge in [-0.05, 0) is 37.7 Å². The van der Waals surface area contributed by atoms with Crippen LogP contribution in [0.3, 0.4) is 0 Å². The van der Waals surface area contributed by atoms with Crippen molar-refractivity contribution < 1.29 is 9.53 Å². The molecule has 1 aliphatic rings. The fourth-order valence-electron chi connectivity index (χ4n) is 1.95. The first-order chi connectivity index (χ1) is 8.24. The van der Waals surface area contributed by atoms with E-state index in [0.717, 1.165) is 24.8 Å². The van der Waals surface area contributed by atoms with Gasteiger partial charge in [-0.25, -0.2) is 0 Å². The molecule has 1 unspecified atom stereocenters. The first-order valence-corrected chi connectivity index (χ1v) is 6.04. The number of nitrogens with zero attached hydrogens (tertiary/aromatic N) is 2. The van der Waals surface area contributed by atoms with Crippen molar-refractivity contribution >= 4 is 5.97 Å². The first kappa shape index (κ1) is 11.9. The minimum atomic E-state index is -0.206. The van der Waals surface area contributed by atoms with Crippen LogP contribution in [0.1, 0.15) is 24.8 Å². The second-order valence-electron chi connectivity index (χ2n) is 4.55. The molecule has 0 fully saturated rings. The molecule has 1 aliphatic carbocycles. The van der Waals surface area contributed by atoms with E-state index in [1.807, 2.05) is 13.1 Å². The minimum absolute atomic E-state index is 0.205. The van der Waals surface area contributed by atoms with Crippen molar-refractivity contribution in [3.05, 3.63) is 30.1 Å². The van der Waals surface area contributed by atoms with Gasteiger partial charge in [-0.2, -0.15) is 5.10 Å². The van der Waals surface area contributed by atoms with Crippen molar-refractivity contribution in [3.63, 3.8) is 0 Å². The number of carbonyl (C=O) groups excluding carboxylic acids is 1. The van der Waals surface area contributed by atoms with Crippen LogP contribution in [0.2, 0.25) is 0 Å². The molecule has 0 aliphatic heterocycles. The van der Waals surface area contributed by atoms with E-state index in [4.69, 9.17) is 4.74 Å². The van der Waals surface area contributed by atoms with E-state index in [2.05, 4.69) is 17.3 Å². The molecule has 1 aromatic heterocycles. The average Bonchev–Trinajstić information content (AvgIpc) is 2.73. The molecule has 0 N–H and O–H groups in total. The summed E-state index contributed by atoms with van der Waals surface area (Å²) >= 11 is 0. The van der Waals surface area contributed by atoms with Gasteiger partial charge < -0.3 is 4.74 Å². The lowest BCUT2D eigenvalue weighted by atomic mass is 9.95. The van der Waals surface area contributed by atoms with Crippen LogP contribution in [0, 0.1) is 12.8 Å². The maximum Gasteiger partial charge on any atom is 0.327 e. The van der Waals surface area contributed by atoms with Crippen molar-refractivity contribution in [3.8, 4) is 0 Å². The summed E-state index contributed by atoms with van der Waals surface area (Å²) in [4.78, 5) is 11.6. The lowest BCUT2D eigenvalue weighted by molar-refractivity contribution is -0.146. The fraction of sp³-hybridized carbons (Fsp3) is 0.538. The molecule has 92 valence electrons. The topological polar surface area (TPSA) is 44.1 Å². The number of hydrogen-bond donors (Lipinski definition) is 0. The Kier molecular flexibility index (Phi) is 3.96. The number of allylic oxidation sites excluding steroid dienone is 2. The van der Waals surface area contributed by atoms with Crippen molar-refractivity contribution in [2.45, 2.75) is 32.7 Å². The van der Waals surface area contributed by atoms with Crippen molar-refractivity contribution in [1.82, 2.24) is 9.78 Å². The van der Waals surface area contributed by atoms with Crippen molar-refractivity contribution in [2.24, 2.45) is 5.92 Å². The van der Waals surface area contributed by atoms with Crippen LogP contribution in [-0.4, -0.2) is 22.4 Å². The van der Waals surface area contributed by atoms with E-state index in [-0.39, 0.29) is 12.5 Å². The zero-order valence-electron chi connectivity index (χ0n) is 10.1. The molecular formula is C13H18N2O2. The maximum absolute atomic E-state index is 11.6. The van der Waals surface area contributed by atoms with Crippen molar-refractivity contribution in [1.29, 1.82) is 0 Å². The van der Waals surface area contributed by atoms with E-state index in [1.54, 1.807) is 10.9 Å². The van der Waals surface area contributed by atoms with Crippen LogP contribution >= 0.6 is 0 Å². The van der Waals surface area contributed by atoms with E-state index < -0.39 is 0 Å². The summed E-state index contributed by atoms with van der Waals surface area (Å²) in [6, 6.07) is 0. The largest absolute Gasteiger partial charge is 0.464 e. The van der Waals surface area contributed by atoms with E-state index >= 15 is 0 Å². The fourth-order valence-corrected chi connectivity index (χ4v) is 1.95. The lowest BCUT2D eigenvalue weighted by Gasteiger charge is -2.17. The summed E-state index contributed by atoms with van der Waals surface area (Å²) < 4.78 is 6.87. The number of esters is 1. The van der Waals surface area contributed by atoms with Gasteiger partial charge in [0, 0.05) is 6.20 Å². The normalized spacial score (nSPS) is 19.2. The Morgan fingerprint density at radius 2 is 2.47 bits per heavy atom. The zero-order chi connectivity index (χ0) is 12.1. The van der Waals surface area contributed by atoms with Gasteiger partial charge in [-0.1, -0.05) is 12.2 Å². The van der Waals surface area contributed by atoms with Gasteiger partial charge in [0.1, 0.15) is 6.54 Å². The van der Waals surface area contributed by atoms with E-state index in [0.29, 0.717) is 12.5 Å². The summed E-state index contributed by atoms with van der Waals surface area (Å²) in [7, 11) is 0. The van der Waals surface area contributed by atoms with Gasteiger partial charge in [0.2, 0.25) is 0 Å². The quantitative estimate of drug-likeness (QED) is 0.592. The first-order valence-electron chi connectivity index (χ1n) is 6.04. The van der Waals surface area contributed by atoms with Crippen molar-refractivity contribution in [2.75, 3.05) is 6.61 Å². The number of ether oxygens (including phenoxy) is 1. The SMILES string of the molecule is Cc1cnn(CC(=O)OCC2CC=CCC2)c1. The van der Waals surface area contributed by atoms with E-state index in [1.165, 1.54) is 0 Å². The molecule has 0 radical (unpaired) electrons. The summed E-state index contributed by atoms with van der Waals surface area (Å²) in [5.74, 6) is 0.283. The van der Waals surface area contributed by atoms with Crippen LogP contribution in [0.15, 0.2) is 24.5 Å². The molecule has 2 rings (SSSR count). The van der Waals surface area contributed by atoms with Gasteiger partial charge in [0.15, 0.2) is 0 Å². The van der Waals surface area contributed by atoms with Crippen LogP contribution < -0.4 is 0 Å². The predicted molar refractivity (Wildman–Crippen MR) is 64.4 cm³/mol. The summed E-state index contributed by atoms with van der Waals surface area (Å²) in [5.41, 5.74) is 1.05. The molecule has 0 amide bonds. The molecular weight excluding hydrogens is 216 g/mol. The molecule has 4 heteroatoms. The third-order valence-corrected chi connectivity index (χ3v) is 2.91. The second kappa shape index (κ2) is 5.66. The molecule has 0 saturated heterocycles. The molecule has 1 atom stereocenters. The minimum Gasteiger partial charge on any atom is -0.464 e. The Labute approximate surface area is 101 Å². The number of carbonyl (C=O) groups is 1. The zero-order valence-corrected chi connectivity index (χ0v) is 10.1. The second-order valence-corrected chi connectivity index (χ2v) is 4.55. The van der Waals surface area contributed by atoms with Crippen LogP contribution in [0.25, 0.3) is 0 Å². The number of aromatic nitrogens is 2. The van der Waals surface area contributed by atoms with E-state index in [9.17, 15) is 4.79 Å². The molecule has 1 aromatic rings. The van der Waals surface area contributed by atoms with Gasteiger partial charge in [0.25, 0.3) is 0 Å². The van der Waals surface area contributed by atoms with Gasteiger partial charge in [-0.15, -0.1) is 0 Å². The predicted octanol–water partition coefficient (Wildman–Crippen LogP) is 2.09. The summed E-state index contributed by atoms with van der Waals surface area (Å²) in [6.07, 6.45) is 11.2. The highest BCUT2D eigenvalue weighted by molar-refractivity contribution is 5.69. The number of aryl methyl sites for hydroxylation is 1. The third kappa shape index (κ3) is 3.73. The molecule has 0 saturated carbocycles. The Morgan fingerprint density at radius 3 is 3.12 bits per heavy atom. The number of hydrogen-bond acceptors (Lipinski definition) is 3. The summed E-state index contributed by atoms with van der Waals surface area (Å²) in [6.45, 7) is 2.68. The van der Waals surface area contributed by atoms with Crippen LogP contribution in [0.4, 0.5) is 0 Å². The summed E-state index contributed by atoms with van der Waals surface area (Å²) in [5, 5.41) is 4.06. The molecule has 0 bridgehead atoms. The Balaban J connectivity index is 1.72. The highest BCUT2D eigenvalue weighted by atomic mass is 16.5. The standard InChI is InChI=1S/C13H18N2O2/c1-11-7-14-15(8-11)9-13(16)17-10-12-5-3-2-4-6-12/h2-3,7-8,12H,4-6,9-10H2,1H3. The van der Waals surface area contributed by atoms with Crippen LogP contribution in [0.5, 0.6) is 0 Å². The van der Waals surface area contributed by atoms with Crippen LogP contribution in [-0.2, 0) is 16.1 Å². The molecule has 17 heavy (non-hydrogen) atoms. The third-order valence-electron chi connectivity index (χ3n) is 2.91. The highest BCUT2D eigenvalue weighted by Gasteiger charge is 2.13. The molecule has 4 nitrogen and oxygen atoms in total. The maximum atomic E-state index is 11.6.